The Kier molecular flexibility index (Phi) is 7.63. The normalized spacial score (nSPS) is 13.8. The molecular formula is C26H31N7O4S. The van der Waals surface area contributed by atoms with E-state index in [0.717, 1.165) is 11.1 Å². The maximum Gasteiger partial charge on any atom is 0.259 e. The first-order chi connectivity index (χ1) is 18.1. The summed E-state index contributed by atoms with van der Waals surface area (Å²) in [5, 5.41) is 3.73. The van der Waals surface area contributed by atoms with Gasteiger partial charge in [0.05, 0.1) is 19.5 Å². The van der Waals surface area contributed by atoms with E-state index in [1.807, 2.05) is 19.9 Å². The number of pyridine rings is 1. The Hall–Kier alpha value is -4.06. The van der Waals surface area contributed by atoms with Crippen LogP contribution in [0.15, 0.2) is 53.5 Å². The molecule has 0 aliphatic rings. The average molecular weight is 538 g/mol. The van der Waals surface area contributed by atoms with Gasteiger partial charge in [0.2, 0.25) is 5.62 Å². The molecule has 11 nitrogen and oxygen atoms in total. The zero-order valence-corrected chi connectivity index (χ0v) is 23.3. The van der Waals surface area contributed by atoms with Gasteiger partial charge in [-0.1, -0.05) is 13.0 Å². The van der Waals surface area contributed by atoms with Crippen molar-refractivity contribution in [2.75, 3.05) is 14.2 Å². The van der Waals surface area contributed by atoms with Crippen LogP contribution in [0.4, 0.5) is 0 Å². The van der Waals surface area contributed by atoms with Crippen LogP contribution in [0.5, 0.6) is 11.5 Å². The van der Waals surface area contributed by atoms with Gasteiger partial charge in [0, 0.05) is 43.3 Å². The van der Waals surface area contributed by atoms with Gasteiger partial charge >= 0.3 is 0 Å². The number of nitrogens with zero attached hydrogens (tertiary/aromatic N) is 7. The van der Waals surface area contributed by atoms with Gasteiger partial charge in [-0.15, -0.1) is 4.40 Å². The second-order valence-corrected chi connectivity index (χ2v) is 11.0. The minimum atomic E-state index is -4.07. The Balaban J connectivity index is 1.99. The molecule has 2 atom stereocenters. The quantitative estimate of drug-likeness (QED) is 0.336. The van der Waals surface area contributed by atoms with Crippen molar-refractivity contribution >= 4 is 10.0 Å². The number of aromatic nitrogens is 6. The first kappa shape index (κ1) is 27.0. The van der Waals surface area contributed by atoms with Crippen LogP contribution in [0, 0.1) is 13.8 Å². The van der Waals surface area contributed by atoms with Crippen LogP contribution in [0.1, 0.15) is 36.7 Å². The lowest BCUT2D eigenvalue weighted by Crippen LogP contribution is -2.31. The smallest absolute Gasteiger partial charge is 0.259 e. The van der Waals surface area contributed by atoms with Crippen molar-refractivity contribution in [3.63, 3.8) is 0 Å². The summed E-state index contributed by atoms with van der Waals surface area (Å²) >= 11 is 0. The van der Waals surface area contributed by atoms with Gasteiger partial charge in [0.25, 0.3) is 10.0 Å². The Morgan fingerprint density at radius 1 is 0.947 bits per heavy atom. The van der Waals surface area contributed by atoms with Crippen molar-refractivity contribution in [3.05, 3.63) is 71.6 Å². The molecule has 0 aliphatic heterocycles. The van der Waals surface area contributed by atoms with Crippen LogP contribution >= 0.6 is 0 Å². The maximum absolute atomic E-state index is 13.7. The molecule has 0 amide bonds. The van der Waals surface area contributed by atoms with Crippen LogP contribution in [-0.4, -0.2) is 57.2 Å². The predicted molar refractivity (Wildman–Crippen MR) is 143 cm³/mol. The van der Waals surface area contributed by atoms with E-state index in [1.54, 1.807) is 68.4 Å². The Labute approximate surface area is 221 Å². The molecule has 0 spiro atoms. The fraction of sp³-hybridized carbons (Fsp3) is 0.346. The van der Waals surface area contributed by atoms with Crippen LogP contribution in [0.3, 0.4) is 0 Å². The topological polar surface area (TPSA) is 126 Å². The lowest BCUT2D eigenvalue weighted by Gasteiger charge is -2.17. The molecule has 0 saturated heterocycles. The van der Waals surface area contributed by atoms with Crippen LogP contribution in [-0.2, 0) is 17.1 Å². The van der Waals surface area contributed by atoms with Crippen molar-refractivity contribution in [2.45, 2.75) is 38.9 Å². The zero-order chi connectivity index (χ0) is 27.6. The minimum absolute atomic E-state index is 0.0631. The van der Waals surface area contributed by atoms with Gasteiger partial charge in [-0.3, -0.25) is 9.55 Å². The highest BCUT2D eigenvalue weighted by atomic mass is 32.2. The Morgan fingerprint density at radius 3 is 2.16 bits per heavy atom. The number of ether oxygens (including phenoxy) is 2. The van der Waals surface area contributed by atoms with Crippen molar-refractivity contribution in [1.82, 2.24) is 29.3 Å². The molecule has 0 bridgehead atoms. The largest absolute Gasteiger partial charge is 0.494 e. The lowest BCUT2D eigenvalue weighted by molar-refractivity contribution is 0.390. The van der Waals surface area contributed by atoms with Crippen molar-refractivity contribution in [1.29, 1.82) is 0 Å². The number of rotatable bonds is 8. The second kappa shape index (κ2) is 10.7. The summed E-state index contributed by atoms with van der Waals surface area (Å²) < 4.78 is 46.0. The zero-order valence-electron chi connectivity index (χ0n) is 22.4. The highest BCUT2D eigenvalue weighted by Crippen LogP contribution is 2.34. The number of sulfonamides is 1. The third kappa shape index (κ3) is 5.17. The van der Waals surface area contributed by atoms with Gasteiger partial charge in [-0.2, -0.15) is 5.10 Å². The fourth-order valence-electron chi connectivity index (χ4n) is 4.00. The molecule has 200 valence electrons. The molecule has 4 rings (SSSR count). The second-order valence-electron chi connectivity index (χ2n) is 9.06. The molecule has 38 heavy (non-hydrogen) atoms. The summed E-state index contributed by atoms with van der Waals surface area (Å²) in [6.45, 7) is 7.16. The number of hydrogen-bond donors (Lipinski definition) is 0. The average Bonchev–Trinajstić information content (AvgIpc) is 3.22. The third-order valence-corrected chi connectivity index (χ3v) is 8.06. The summed E-state index contributed by atoms with van der Waals surface area (Å²) in [4.78, 5) is 12.9. The lowest BCUT2D eigenvalue weighted by atomic mass is 10.1. The van der Waals surface area contributed by atoms with Gasteiger partial charge in [-0.25, -0.2) is 23.1 Å². The molecule has 1 aromatic carbocycles. The highest BCUT2D eigenvalue weighted by Gasteiger charge is 2.30. The van der Waals surface area contributed by atoms with E-state index in [1.165, 1.54) is 18.9 Å². The van der Waals surface area contributed by atoms with Crippen LogP contribution in [0.2, 0.25) is 0 Å². The standard InChI is InChI=1S/C26H31N7O4S/c1-16-11-20(15-27-12-16)25-30-32(5)26(33(25)23-21(36-6)9-8-10-22(23)37-7)31-38(34,35)19(4)18(3)24-28-13-17(2)14-29-24/h8-15,18-19H,1-7H3/b31-26+. The van der Waals surface area contributed by atoms with Crippen molar-refractivity contribution in [3.8, 4) is 28.6 Å². The van der Waals surface area contributed by atoms with Crippen molar-refractivity contribution < 1.29 is 17.9 Å². The first-order valence-corrected chi connectivity index (χ1v) is 13.5. The van der Waals surface area contributed by atoms with Gasteiger partial charge in [-0.05, 0) is 50.1 Å². The van der Waals surface area contributed by atoms with E-state index >= 15 is 0 Å². The molecule has 0 radical (unpaired) electrons. The van der Waals surface area contributed by atoms with Gasteiger partial charge in [0.1, 0.15) is 23.0 Å². The molecule has 3 heterocycles. The van der Waals surface area contributed by atoms with Gasteiger partial charge in [0.15, 0.2) is 5.82 Å². The SMILES string of the molecule is COc1cccc(OC)c1-n1c(-c2cncc(C)c2)nn(C)/c1=N\S(=O)(=O)C(C)C(C)c1ncc(C)cn1. The van der Waals surface area contributed by atoms with Crippen molar-refractivity contribution in [2.24, 2.45) is 11.4 Å². The molecular weight excluding hydrogens is 506 g/mol. The summed E-state index contributed by atoms with van der Waals surface area (Å²) in [7, 11) is 0.621. The predicted octanol–water partition coefficient (Wildman–Crippen LogP) is 3.12. The van der Waals surface area contributed by atoms with Gasteiger partial charge < -0.3 is 9.47 Å². The molecule has 12 heteroatoms. The van der Waals surface area contributed by atoms with Crippen LogP contribution < -0.4 is 15.1 Å². The molecule has 3 aromatic heterocycles. The summed E-state index contributed by atoms with van der Waals surface area (Å²) in [6, 6.07) is 7.21. The molecule has 2 unspecified atom stereocenters. The number of benzene rings is 1. The number of hydrogen-bond acceptors (Lipinski definition) is 8. The molecule has 4 aromatic rings. The maximum atomic E-state index is 13.7. The summed E-state index contributed by atoms with van der Waals surface area (Å²) in [5.41, 5.74) is 2.99. The summed E-state index contributed by atoms with van der Waals surface area (Å²) in [5.74, 6) is 1.24. The molecule has 0 N–H and O–H groups in total. The number of aryl methyl sites for hydroxylation is 3. The Morgan fingerprint density at radius 2 is 1.58 bits per heavy atom. The molecule has 0 fully saturated rings. The summed E-state index contributed by atoms with van der Waals surface area (Å²) in [6.07, 6.45) is 6.72. The van der Waals surface area contributed by atoms with E-state index in [4.69, 9.17) is 9.47 Å². The van der Waals surface area contributed by atoms with Crippen LogP contribution in [0.25, 0.3) is 17.1 Å². The first-order valence-electron chi connectivity index (χ1n) is 11.9. The fourth-order valence-corrected chi connectivity index (χ4v) is 5.23. The highest BCUT2D eigenvalue weighted by molar-refractivity contribution is 7.90. The minimum Gasteiger partial charge on any atom is -0.494 e. The van der Waals surface area contributed by atoms with E-state index in [9.17, 15) is 8.42 Å². The van der Waals surface area contributed by atoms with E-state index < -0.39 is 21.2 Å². The number of para-hydroxylation sites is 1. The third-order valence-electron chi connectivity index (χ3n) is 6.30. The monoisotopic (exact) mass is 537 g/mol. The molecule has 0 saturated carbocycles. The van der Waals surface area contributed by atoms with E-state index in [-0.39, 0.29) is 5.62 Å². The number of methoxy groups -OCH3 is 2. The van der Waals surface area contributed by atoms with E-state index in [0.29, 0.717) is 34.4 Å². The molecule has 0 aliphatic carbocycles. The Bertz CT molecular complexity index is 1600. The van der Waals surface area contributed by atoms with E-state index in [2.05, 4.69) is 24.4 Å².